The highest BCUT2D eigenvalue weighted by Crippen LogP contribution is 2.32. The van der Waals surface area contributed by atoms with Crippen LogP contribution in [0.4, 0.5) is 13.2 Å². The fourth-order valence-corrected chi connectivity index (χ4v) is 3.78. The van der Waals surface area contributed by atoms with Crippen LogP contribution in [0, 0.1) is 6.92 Å². The van der Waals surface area contributed by atoms with Crippen LogP contribution < -0.4 is 0 Å². The van der Waals surface area contributed by atoms with E-state index < -0.39 is 12.1 Å². The van der Waals surface area contributed by atoms with E-state index in [1.165, 1.54) is 0 Å². The van der Waals surface area contributed by atoms with Crippen molar-refractivity contribution in [2.45, 2.75) is 50.8 Å². The number of aryl methyl sites for hydroxylation is 1. The van der Waals surface area contributed by atoms with Gasteiger partial charge >= 0.3 is 12.1 Å². The molecule has 0 unspecified atom stereocenters. The highest BCUT2D eigenvalue weighted by molar-refractivity contribution is 5.93. The Labute approximate surface area is 188 Å². The summed E-state index contributed by atoms with van der Waals surface area (Å²) < 4.78 is 43.9. The Morgan fingerprint density at radius 2 is 1.94 bits per heavy atom. The Balaban J connectivity index is 0.000000383. The second-order valence-corrected chi connectivity index (χ2v) is 7.67. The minimum absolute atomic E-state index is 0.0378. The maximum absolute atomic E-state index is 13.0. The molecule has 0 spiro atoms. The van der Waals surface area contributed by atoms with Crippen LogP contribution in [0.3, 0.4) is 0 Å². The number of carboxylic acids is 1. The monoisotopic (exact) mass is 467 g/mol. The molecule has 0 radical (unpaired) electrons. The zero-order chi connectivity index (χ0) is 24.0. The zero-order valence-corrected chi connectivity index (χ0v) is 17.9. The lowest BCUT2D eigenvalue weighted by atomic mass is 10.0. The Morgan fingerprint density at radius 3 is 2.58 bits per heavy atom. The molecule has 0 aromatic carbocycles. The van der Waals surface area contributed by atoms with Gasteiger partial charge in [0.2, 0.25) is 0 Å². The quantitative estimate of drug-likeness (QED) is 0.738. The summed E-state index contributed by atoms with van der Waals surface area (Å²) in [5.41, 5.74) is 2.40. The van der Waals surface area contributed by atoms with Crippen molar-refractivity contribution < 1.29 is 37.3 Å². The lowest BCUT2D eigenvalue weighted by Gasteiger charge is -2.32. The first-order valence-electron chi connectivity index (χ1n) is 10.3. The van der Waals surface area contributed by atoms with Gasteiger partial charge in [-0.25, -0.2) is 9.78 Å². The van der Waals surface area contributed by atoms with E-state index in [1.807, 2.05) is 36.1 Å². The third-order valence-corrected chi connectivity index (χ3v) is 5.30. The van der Waals surface area contributed by atoms with Crippen molar-refractivity contribution in [3.05, 3.63) is 59.7 Å². The van der Waals surface area contributed by atoms with E-state index in [0.29, 0.717) is 18.8 Å². The number of ether oxygens (including phenoxy) is 2. The third-order valence-electron chi connectivity index (χ3n) is 5.30. The second kappa shape index (κ2) is 10.7. The maximum Gasteiger partial charge on any atom is 0.490 e. The molecular formula is C22H24F3N3O5. The molecule has 0 aliphatic carbocycles. The van der Waals surface area contributed by atoms with Crippen LogP contribution in [0.5, 0.6) is 0 Å². The molecule has 1 N–H and O–H groups in total. The third kappa shape index (κ3) is 6.48. The van der Waals surface area contributed by atoms with Gasteiger partial charge in [0.15, 0.2) is 0 Å². The molecule has 2 saturated heterocycles. The molecule has 2 aliphatic heterocycles. The van der Waals surface area contributed by atoms with Crippen molar-refractivity contribution in [2.24, 2.45) is 0 Å². The van der Waals surface area contributed by atoms with Crippen molar-refractivity contribution in [2.75, 3.05) is 13.2 Å². The Morgan fingerprint density at radius 1 is 1.24 bits per heavy atom. The molecular weight excluding hydrogens is 443 g/mol. The molecule has 0 saturated carbocycles. The van der Waals surface area contributed by atoms with E-state index >= 15 is 0 Å². The van der Waals surface area contributed by atoms with E-state index in [1.54, 1.807) is 18.5 Å². The van der Waals surface area contributed by atoms with Gasteiger partial charge in [-0.1, -0.05) is 6.07 Å². The highest BCUT2D eigenvalue weighted by Gasteiger charge is 2.47. The van der Waals surface area contributed by atoms with Crippen LogP contribution in [0.2, 0.25) is 0 Å². The predicted molar refractivity (Wildman–Crippen MR) is 109 cm³/mol. The number of fused-ring (bicyclic) bond motifs is 1. The molecule has 33 heavy (non-hydrogen) atoms. The van der Waals surface area contributed by atoms with Crippen molar-refractivity contribution in [1.29, 1.82) is 0 Å². The molecule has 178 valence electrons. The molecule has 3 atom stereocenters. The summed E-state index contributed by atoms with van der Waals surface area (Å²) in [6.07, 6.45) is 0.140. The first-order valence-corrected chi connectivity index (χ1v) is 10.3. The Kier molecular flexibility index (Phi) is 7.98. The molecule has 8 nitrogen and oxygen atoms in total. The summed E-state index contributed by atoms with van der Waals surface area (Å²) in [5.74, 6) is -2.79. The van der Waals surface area contributed by atoms with E-state index in [0.717, 1.165) is 30.7 Å². The van der Waals surface area contributed by atoms with Crippen LogP contribution in [-0.2, 0) is 20.9 Å². The molecule has 2 aromatic rings. The summed E-state index contributed by atoms with van der Waals surface area (Å²) >= 11 is 0. The number of aromatic nitrogens is 2. The van der Waals surface area contributed by atoms with Crippen LogP contribution in [-0.4, -0.2) is 69.4 Å². The number of aliphatic carboxylic acids is 1. The predicted octanol–water partition coefficient (Wildman–Crippen LogP) is 3.01. The average Bonchev–Trinajstić information content (AvgIpc) is 3.16. The molecule has 1 amide bonds. The molecule has 2 fully saturated rings. The largest absolute Gasteiger partial charge is 0.490 e. The van der Waals surface area contributed by atoms with Gasteiger partial charge in [0.1, 0.15) is 17.9 Å². The number of pyridine rings is 2. The number of alkyl halides is 3. The van der Waals surface area contributed by atoms with Gasteiger partial charge in [-0.2, -0.15) is 13.2 Å². The van der Waals surface area contributed by atoms with Crippen molar-refractivity contribution in [3.63, 3.8) is 0 Å². The normalized spacial score (nSPS) is 22.2. The fraction of sp³-hybridized carbons (Fsp3) is 0.455. The van der Waals surface area contributed by atoms with Gasteiger partial charge in [0.25, 0.3) is 5.91 Å². The van der Waals surface area contributed by atoms with E-state index in [4.69, 9.17) is 19.4 Å². The number of amides is 1. The van der Waals surface area contributed by atoms with Crippen LogP contribution >= 0.6 is 0 Å². The van der Waals surface area contributed by atoms with E-state index in [2.05, 4.69) is 9.97 Å². The van der Waals surface area contributed by atoms with Gasteiger partial charge in [0.05, 0.1) is 19.2 Å². The zero-order valence-electron chi connectivity index (χ0n) is 17.9. The average molecular weight is 467 g/mol. The Bertz CT molecular complexity index is 958. The second-order valence-electron chi connectivity index (χ2n) is 7.67. The van der Waals surface area contributed by atoms with Gasteiger partial charge in [-0.05, 0) is 49.6 Å². The topological polar surface area (TPSA) is 102 Å². The lowest BCUT2D eigenvalue weighted by Crippen LogP contribution is -2.44. The number of halogens is 3. The number of rotatable bonds is 4. The van der Waals surface area contributed by atoms with Crippen LogP contribution in [0.25, 0.3) is 0 Å². The minimum Gasteiger partial charge on any atom is -0.475 e. The van der Waals surface area contributed by atoms with Crippen LogP contribution in [0.15, 0.2) is 42.7 Å². The molecule has 4 heterocycles. The summed E-state index contributed by atoms with van der Waals surface area (Å²) in [4.78, 5) is 32.2. The van der Waals surface area contributed by atoms with Crippen molar-refractivity contribution in [3.8, 4) is 0 Å². The summed E-state index contributed by atoms with van der Waals surface area (Å²) in [6.45, 7) is 3.65. The smallest absolute Gasteiger partial charge is 0.475 e. The molecule has 0 bridgehead atoms. The lowest BCUT2D eigenvalue weighted by molar-refractivity contribution is -0.192. The minimum atomic E-state index is -5.08. The SMILES string of the molecule is Cc1cccc(C(=O)N2C[C@@H](OCc3ccncc3)[C@@H]3OCCC[C@@H]32)n1.O=C(O)C(F)(F)F. The molecule has 11 heteroatoms. The summed E-state index contributed by atoms with van der Waals surface area (Å²) in [5, 5.41) is 7.12. The molecule has 4 rings (SSSR count). The van der Waals surface area contributed by atoms with Crippen LogP contribution in [0.1, 0.15) is 34.6 Å². The summed E-state index contributed by atoms with van der Waals surface area (Å²) in [7, 11) is 0. The number of nitrogens with zero attached hydrogens (tertiary/aromatic N) is 3. The van der Waals surface area contributed by atoms with Gasteiger partial charge in [-0.15, -0.1) is 0 Å². The van der Waals surface area contributed by atoms with E-state index in [-0.39, 0.29) is 24.2 Å². The fourth-order valence-electron chi connectivity index (χ4n) is 3.78. The first kappa shape index (κ1) is 24.6. The molecule has 2 aromatic heterocycles. The van der Waals surface area contributed by atoms with Gasteiger partial charge in [0, 0.05) is 24.7 Å². The number of carboxylic acid groups (broad SMARTS) is 1. The van der Waals surface area contributed by atoms with Crippen molar-refractivity contribution >= 4 is 11.9 Å². The van der Waals surface area contributed by atoms with Gasteiger partial charge in [-0.3, -0.25) is 9.78 Å². The number of carbonyl (C=O) groups excluding carboxylic acids is 1. The van der Waals surface area contributed by atoms with Crippen molar-refractivity contribution in [1.82, 2.24) is 14.9 Å². The molecule has 2 aliphatic rings. The number of likely N-dealkylation sites (tertiary alicyclic amines) is 1. The highest BCUT2D eigenvalue weighted by atomic mass is 19.4. The van der Waals surface area contributed by atoms with E-state index in [9.17, 15) is 18.0 Å². The Hall–Kier alpha value is -3.05. The number of carbonyl (C=O) groups is 2. The number of hydrogen-bond acceptors (Lipinski definition) is 6. The first-order chi connectivity index (χ1) is 15.7. The van der Waals surface area contributed by atoms with Gasteiger partial charge < -0.3 is 19.5 Å². The summed E-state index contributed by atoms with van der Waals surface area (Å²) in [6, 6.07) is 9.48. The number of hydrogen-bond donors (Lipinski definition) is 1. The standard InChI is InChI=1S/C20H23N3O3.C2HF3O2/c1-14-4-2-5-16(22-14)20(24)23-12-18(19-17(23)6-3-11-25-19)26-13-15-7-9-21-10-8-15;3-2(4,5)1(6)7/h2,4-5,7-10,17-19H,3,6,11-13H2,1H3;(H,6,7)/t17-,18+,19+;/m0./s1. The maximum atomic E-state index is 13.0.